The summed E-state index contributed by atoms with van der Waals surface area (Å²) in [6.07, 6.45) is -0.640. The zero-order valence-electron chi connectivity index (χ0n) is 12.4. The minimum Gasteiger partial charge on any atom is -0.466 e. The first-order valence-corrected chi connectivity index (χ1v) is 8.13. The molecule has 0 amide bonds. The lowest BCUT2D eigenvalue weighted by Gasteiger charge is -2.17. The molecule has 0 radical (unpaired) electrons. The van der Waals surface area contributed by atoms with Gasteiger partial charge in [0.2, 0.25) is 10.0 Å². The van der Waals surface area contributed by atoms with E-state index in [0.29, 0.717) is 5.56 Å². The standard InChI is InChI=1S/C14H21NO5S/c1-4-20-14(17)9-10-15(3)21(18,19)13-7-5-12(6-8-13)11(2)16/h5-8,11,16H,4,9-10H2,1-3H3. The van der Waals surface area contributed by atoms with Crippen molar-refractivity contribution in [2.24, 2.45) is 0 Å². The van der Waals surface area contributed by atoms with Gasteiger partial charge in [0.05, 0.1) is 24.0 Å². The highest BCUT2D eigenvalue weighted by Gasteiger charge is 2.21. The Morgan fingerprint density at radius 2 is 1.90 bits per heavy atom. The molecule has 0 bridgehead atoms. The molecule has 7 heteroatoms. The van der Waals surface area contributed by atoms with Crippen molar-refractivity contribution in [2.75, 3.05) is 20.2 Å². The molecule has 6 nitrogen and oxygen atoms in total. The average Bonchev–Trinajstić information content (AvgIpc) is 2.45. The van der Waals surface area contributed by atoms with Gasteiger partial charge in [-0.2, -0.15) is 0 Å². The van der Waals surface area contributed by atoms with Crippen LogP contribution in [0.15, 0.2) is 29.2 Å². The number of rotatable bonds is 7. The Bertz CT molecular complexity index is 566. The number of benzene rings is 1. The van der Waals surface area contributed by atoms with Crippen LogP contribution in [-0.2, 0) is 19.6 Å². The highest BCUT2D eigenvalue weighted by molar-refractivity contribution is 7.89. The van der Waals surface area contributed by atoms with Gasteiger partial charge in [0.1, 0.15) is 0 Å². The molecule has 0 saturated heterocycles. The van der Waals surface area contributed by atoms with Crippen LogP contribution < -0.4 is 0 Å². The van der Waals surface area contributed by atoms with Crippen LogP contribution in [0.5, 0.6) is 0 Å². The fourth-order valence-corrected chi connectivity index (χ4v) is 2.87. The molecule has 1 rings (SSSR count). The van der Waals surface area contributed by atoms with Crippen LogP contribution in [0.3, 0.4) is 0 Å². The van der Waals surface area contributed by atoms with Gasteiger partial charge in [-0.15, -0.1) is 0 Å². The topological polar surface area (TPSA) is 83.9 Å². The molecule has 0 saturated carbocycles. The van der Waals surface area contributed by atoms with E-state index in [2.05, 4.69) is 0 Å². The van der Waals surface area contributed by atoms with E-state index in [-0.39, 0.29) is 24.5 Å². The summed E-state index contributed by atoms with van der Waals surface area (Å²) in [6, 6.07) is 6.02. The van der Waals surface area contributed by atoms with Crippen LogP contribution in [0.25, 0.3) is 0 Å². The summed E-state index contributed by atoms with van der Waals surface area (Å²) in [5.74, 6) is -0.427. The molecule has 1 aromatic rings. The van der Waals surface area contributed by atoms with Crippen LogP contribution in [0.1, 0.15) is 31.9 Å². The van der Waals surface area contributed by atoms with E-state index in [4.69, 9.17) is 4.74 Å². The Hall–Kier alpha value is -1.44. The number of sulfonamides is 1. The van der Waals surface area contributed by atoms with Gasteiger partial charge in [0, 0.05) is 13.6 Å². The molecule has 1 N–H and O–H groups in total. The molecule has 21 heavy (non-hydrogen) atoms. The molecule has 0 heterocycles. The van der Waals surface area contributed by atoms with Gasteiger partial charge in [-0.25, -0.2) is 12.7 Å². The lowest BCUT2D eigenvalue weighted by atomic mass is 10.1. The SMILES string of the molecule is CCOC(=O)CCN(C)S(=O)(=O)c1ccc(C(C)O)cc1. The van der Waals surface area contributed by atoms with Crippen LogP contribution >= 0.6 is 0 Å². The van der Waals surface area contributed by atoms with Crippen molar-refractivity contribution >= 4 is 16.0 Å². The van der Waals surface area contributed by atoms with Crippen LogP contribution in [0.4, 0.5) is 0 Å². The molecule has 0 aliphatic rings. The second-order valence-electron chi connectivity index (χ2n) is 4.63. The molecular weight excluding hydrogens is 294 g/mol. The normalized spacial score (nSPS) is 13.2. The van der Waals surface area contributed by atoms with Gasteiger partial charge in [-0.05, 0) is 31.5 Å². The molecule has 0 aliphatic carbocycles. The molecule has 1 aromatic carbocycles. The molecule has 118 valence electrons. The third kappa shape index (κ3) is 4.80. The first kappa shape index (κ1) is 17.6. The summed E-state index contributed by atoms with van der Waals surface area (Å²) >= 11 is 0. The number of nitrogens with zero attached hydrogens (tertiary/aromatic N) is 1. The van der Waals surface area contributed by atoms with Crippen molar-refractivity contribution in [3.8, 4) is 0 Å². The fraction of sp³-hybridized carbons (Fsp3) is 0.500. The van der Waals surface area contributed by atoms with Crippen molar-refractivity contribution in [1.29, 1.82) is 0 Å². The maximum absolute atomic E-state index is 12.3. The van der Waals surface area contributed by atoms with Crippen molar-refractivity contribution in [1.82, 2.24) is 4.31 Å². The predicted molar refractivity (Wildman–Crippen MR) is 78.1 cm³/mol. The summed E-state index contributed by atoms with van der Waals surface area (Å²) in [5.41, 5.74) is 0.642. The number of aliphatic hydroxyl groups excluding tert-OH is 1. The van der Waals surface area contributed by atoms with Crippen molar-refractivity contribution in [3.05, 3.63) is 29.8 Å². The van der Waals surface area contributed by atoms with Gasteiger partial charge >= 0.3 is 5.97 Å². The quantitative estimate of drug-likeness (QED) is 0.767. The summed E-state index contributed by atoms with van der Waals surface area (Å²) in [6.45, 7) is 3.63. The Labute approximate surface area is 125 Å². The van der Waals surface area contributed by atoms with Crippen LogP contribution in [0, 0.1) is 0 Å². The first-order chi connectivity index (χ1) is 9.78. The van der Waals surface area contributed by atoms with Crippen molar-refractivity contribution in [2.45, 2.75) is 31.3 Å². The van der Waals surface area contributed by atoms with Crippen LogP contribution in [-0.4, -0.2) is 44.0 Å². The Kier molecular flexibility index (Phi) is 6.32. The molecular formula is C14H21NO5S. The van der Waals surface area contributed by atoms with E-state index in [1.165, 1.54) is 19.2 Å². The number of ether oxygens (including phenoxy) is 1. The van der Waals surface area contributed by atoms with Gasteiger partial charge in [-0.3, -0.25) is 4.79 Å². The second kappa shape index (κ2) is 7.53. The van der Waals surface area contributed by atoms with E-state index in [9.17, 15) is 18.3 Å². The zero-order valence-corrected chi connectivity index (χ0v) is 13.3. The first-order valence-electron chi connectivity index (χ1n) is 6.69. The minimum absolute atomic E-state index is 0.00925. The third-order valence-corrected chi connectivity index (χ3v) is 4.88. The smallest absolute Gasteiger partial charge is 0.307 e. The Balaban J connectivity index is 2.77. The molecule has 0 spiro atoms. The highest BCUT2D eigenvalue weighted by atomic mass is 32.2. The summed E-state index contributed by atoms with van der Waals surface area (Å²) in [5, 5.41) is 9.41. The molecule has 0 aromatic heterocycles. The fourth-order valence-electron chi connectivity index (χ4n) is 1.70. The zero-order chi connectivity index (χ0) is 16.0. The number of esters is 1. The number of carbonyl (C=O) groups is 1. The lowest BCUT2D eigenvalue weighted by molar-refractivity contribution is -0.143. The van der Waals surface area contributed by atoms with E-state index in [1.54, 1.807) is 26.0 Å². The van der Waals surface area contributed by atoms with Crippen molar-refractivity contribution in [3.63, 3.8) is 0 Å². The maximum atomic E-state index is 12.3. The van der Waals surface area contributed by atoms with Gasteiger partial charge in [-0.1, -0.05) is 12.1 Å². The summed E-state index contributed by atoms with van der Waals surface area (Å²) in [7, 11) is -2.23. The van der Waals surface area contributed by atoms with Gasteiger partial charge < -0.3 is 9.84 Å². The van der Waals surface area contributed by atoms with E-state index < -0.39 is 22.1 Å². The Morgan fingerprint density at radius 3 is 2.38 bits per heavy atom. The van der Waals surface area contributed by atoms with E-state index in [1.807, 2.05) is 0 Å². The lowest BCUT2D eigenvalue weighted by Crippen LogP contribution is -2.29. The molecule has 1 atom stereocenters. The summed E-state index contributed by atoms with van der Waals surface area (Å²) < 4.78 is 30.5. The predicted octanol–water partition coefficient (Wildman–Crippen LogP) is 1.31. The Morgan fingerprint density at radius 1 is 1.33 bits per heavy atom. The number of hydrogen-bond acceptors (Lipinski definition) is 5. The number of hydrogen-bond donors (Lipinski definition) is 1. The van der Waals surface area contributed by atoms with Gasteiger partial charge in [0.25, 0.3) is 0 Å². The molecule has 1 unspecified atom stereocenters. The molecule has 0 fully saturated rings. The van der Waals surface area contributed by atoms with E-state index in [0.717, 1.165) is 4.31 Å². The number of aliphatic hydroxyl groups is 1. The molecule has 0 aliphatic heterocycles. The van der Waals surface area contributed by atoms with Crippen LogP contribution in [0.2, 0.25) is 0 Å². The minimum atomic E-state index is -3.65. The number of carbonyl (C=O) groups excluding carboxylic acids is 1. The highest BCUT2D eigenvalue weighted by Crippen LogP contribution is 2.18. The second-order valence-corrected chi connectivity index (χ2v) is 6.67. The average molecular weight is 315 g/mol. The third-order valence-electron chi connectivity index (χ3n) is 3.01. The van der Waals surface area contributed by atoms with E-state index >= 15 is 0 Å². The summed E-state index contributed by atoms with van der Waals surface area (Å²) in [4.78, 5) is 11.4. The maximum Gasteiger partial charge on any atom is 0.307 e. The monoisotopic (exact) mass is 315 g/mol. The van der Waals surface area contributed by atoms with Crippen molar-refractivity contribution < 1.29 is 23.1 Å². The largest absolute Gasteiger partial charge is 0.466 e. The van der Waals surface area contributed by atoms with Gasteiger partial charge in [0.15, 0.2) is 0 Å².